The monoisotopic (exact) mass is 405 g/mol. The average molecular weight is 405 g/mol. The van der Waals surface area contributed by atoms with Gasteiger partial charge in [-0.15, -0.1) is 13.2 Å². The molecule has 0 aliphatic heterocycles. The topological polar surface area (TPSA) is 84.8 Å². The fraction of sp³-hybridized carbons (Fsp3) is 0.0556. The van der Waals surface area contributed by atoms with Crippen LogP contribution < -0.4 is 15.6 Å². The van der Waals surface area contributed by atoms with Gasteiger partial charge in [-0.2, -0.15) is 0 Å². The second kappa shape index (κ2) is 6.93. The molecule has 0 atom stereocenters. The molecule has 0 amide bonds. The van der Waals surface area contributed by atoms with Crippen LogP contribution in [0.5, 0.6) is 5.75 Å². The number of H-pyrrole nitrogens is 1. The predicted molar refractivity (Wildman–Crippen MR) is 95.9 cm³/mol. The molecule has 3 heterocycles. The highest BCUT2D eigenvalue weighted by Crippen LogP contribution is 2.26. The molecular formula is C18H11F4N5O2. The maximum atomic E-state index is 13.0. The average Bonchev–Trinajstić information content (AvgIpc) is 2.99. The Labute approximate surface area is 159 Å². The van der Waals surface area contributed by atoms with E-state index in [1.165, 1.54) is 41.2 Å². The summed E-state index contributed by atoms with van der Waals surface area (Å²) in [5.41, 5.74) is 0.135. The van der Waals surface area contributed by atoms with E-state index in [-0.39, 0.29) is 11.1 Å². The number of anilines is 2. The predicted octanol–water partition coefficient (Wildman–Crippen LogP) is 3.89. The molecule has 0 aliphatic carbocycles. The number of ether oxygens (including phenoxy) is 1. The minimum Gasteiger partial charge on any atom is -0.406 e. The van der Waals surface area contributed by atoms with Crippen molar-refractivity contribution < 1.29 is 22.3 Å². The highest BCUT2D eigenvalue weighted by atomic mass is 19.4. The summed E-state index contributed by atoms with van der Waals surface area (Å²) in [5.74, 6) is -0.310. The van der Waals surface area contributed by atoms with Gasteiger partial charge < -0.3 is 10.1 Å². The normalized spacial score (nSPS) is 11.6. The van der Waals surface area contributed by atoms with Crippen molar-refractivity contribution in [3.05, 3.63) is 71.0 Å². The van der Waals surface area contributed by atoms with Crippen molar-refractivity contribution in [2.75, 3.05) is 5.32 Å². The van der Waals surface area contributed by atoms with Crippen molar-refractivity contribution >= 4 is 22.5 Å². The molecule has 148 valence electrons. The number of halogens is 4. The number of alkyl halides is 3. The lowest BCUT2D eigenvalue weighted by Crippen LogP contribution is -2.17. The first kappa shape index (κ1) is 18.5. The van der Waals surface area contributed by atoms with E-state index in [0.717, 1.165) is 18.3 Å². The van der Waals surface area contributed by atoms with Crippen LogP contribution in [0.2, 0.25) is 0 Å². The molecule has 0 spiro atoms. The first-order valence-corrected chi connectivity index (χ1v) is 8.14. The quantitative estimate of drug-likeness (QED) is 0.503. The van der Waals surface area contributed by atoms with Gasteiger partial charge in [0.05, 0.1) is 22.8 Å². The Morgan fingerprint density at radius 3 is 2.55 bits per heavy atom. The molecule has 2 N–H and O–H groups in total. The maximum Gasteiger partial charge on any atom is 0.573 e. The zero-order valence-corrected chi connectivity index (χ0v) is 14.4. The molecule has 0 radical (unpaired) electrons. The highest BCUT2D eigenvalue weighted by molar-refractivity contribution is 5.82. The van der Waals surface area contributed by atoms with Crippen LogP contribution in [-0.4, -0.2) is 26.1 Å². The van der Waals surface area contributed by atoms with Gasteiger partial charge in [0, 0.05) is 18.3 Å². The van der Waals surface area contributed by atoms with Crippen molar-refractivity contribution in [1.82, 2.24) is 19.7 Å². The Hall–Kier alpha value is -3.89. The van der Waals surface area contributed by atoms with Crippen LogP contribution in [0.1, 0.15) is 0 Å². The van der Waals surface area contributed by atoms with Gasteiger partial charge in [-0.25, -0.2) is 14.4 Å². The van der Waals surface area contributed by atoms with Gasteiger partial charge in [0.1, 0.15) is 23.2 Å². The Balaban J connectivity index is 1.74. The van der Waals surface area contributed by atoms with Gasteiger partial charge in [0.25, 0.3) is 5.56 Å². The standard InChI is InChI=1S/C18H11F4N5O2/c19-10-4-5-15(23-8-10)25-16-7-14-13(9-24-16)17(28)26-27(14)11-2-1-3-12(6-11)29-18(20,21)22/h1-9H,(H,26,28)(H,23,24,25). The molecule has 29 heavy (non-hydrogen) atoms. The number of hydrogen-bond acceptors (Lipinski definition) is 5. The Morgan fingerprint density at radius 1 is 1.03 bits per heavy atom. The van der Waals surface area contributed by atoms with E-state index in [2.05, 4.69) is 25.1 Å². The van der Waals surface area contributed by atoms with Crippen LogP contribution in [0.25, 0.3) is 16.6 Å². The van der Waals surface area contributed by atoms with Crippen molar-refractivity contribution in [2.24, 2.45) is 0 Å². The lowest BCUT2D eigenvalue weighted by atomic mass is 10.2. The van der Waals surface area contributed by atoms with Crippen molar-refractivity contribution in [3.63, 3.8) is 0 Å². The minimum absolute atomic E-state index is 0.227. The summed E-state index contributed by atoms with van der Waals surface area (Å²) >= 11 is 0. The molecule has 4 rings (SSSR count). The van der Waals surface area contributed by atoms with Gasteiger partial charge in [-0.05, 0) is 24.3 Å². The van der Waals surface area contributed by atoms with E-state index in [1.807, 2.05) is 0 Å². The zero-order valence-electron chi connectivity index (χ0n) is 14.4. The first-order chi connectivity index (χ1) is 13.8. The molecular weight excluding hydrogens is 394 g/mol. The minimum atomic E-state index is -4.84. The van der Waals surface area contributed by atoms with Gasteiger partial charge in [0.2, 0.25) is 0 Å². The summed E-state index contributed by atoms with van der Waals surface area (Å²) in [4.78, 5) is 20.2. The second-order valence-electron chi connectivity index (χ2n) is 5.89. The van der Waals surface area contributed by atoms with Crippen LogP contribution in [-0.2, 0) is 0 Å². The van der Waals surface area contributed by atoms with Crippen LogP contribution in [0.15, 0.2) is 59.7 Å². The Kier molecular flexibility index (Phi) is 4.41. The van der Waals surface area contributed by atoms with Crippen LogP contribution in [0.3, 0.4) is 0 Å². The molecule has 3 aromatic heterocycles. The molecule has 11 heteroatoms. The van der Waals surface area contributed by atoms with Crippen molar-refractivity contribution in [2.45, 2.75) is 6.36 Å². The number of benzene rings is 1. The molecule has 0 fully saturated rings. The molecule has 0 aliphatic rings. The summed E-state index contributed by atoms with van der Waals surface area (Å²) in [6, 6.07) is 9.29. The van der Waals surface area contributed by atoms with E-state index in [0.29, 0.717) is 17.2 Å². The summed E-state index contributed by atoms with van der Waals surface area (Å²) in [7, 11) is 0. The Bertz CT molecular complexity index is 1230. The fourth-order valence-corrected chi connectivity index (χ4v) is 2.70. The van der Waals surface area contributed by atoms with Crippen LogP contribution in [0, 0.1) is 5.82 Å². The summed E-state index contributed by atoms with van der Waals surface area (Å²) in [6.45, 7) is 0. The number of pyridine rings is 2. The summed E-state index contributed by atoms with van der Waals surface area (Å²) < 4.78 is 55.7. The van der Waals surface area contributed by atoms with Gasteiger partial charge in [0.15, 0.2) is 0 Å². The summed E-state index contributed by atoms with van der Waals surface area (Å²) in [6.07, 6.45) is -2.50. The summed E-state index contributed by atoms with van der Waals surface area (Å²) in [5, 5.41) is 5.64. The lowest BCUT2D eigenvalue weighted by molar-refractivity contribution is -0.274. The van der Waals surface area contributed by atoms with E-state index < -0.39 is 23.5 Å². The maximum absolute atomic E-state index is 13.0. The molecule has 0 unspecified atom stereocenters. The Morgan fingerprint density at radius 2 is 1.83 bits per heavy atom. The molecule has 4 aromatic rings. The molecule has 0 saturated carbocycles. The molecule has 1 aromatic carbocycles. The first-order valence-electron chi connectivity index (χ1n) is 8.14. The number of aromatic nitrogens is 4. The number of fused-ring (bicyclic) bond motifs is 1. The van der Waals surface area contributed by atoms with Crippen LogP contribution in [0.4, 0.5) is 29.2 Å². The number of nitrogens with one attached hydrogen (secondary N) is 2. The van der Waals surface area contributed by atoms with Crippen molar-refractivity contribution in [3.8, 4) is 11.4 Å². The van der Waals surface area contributed by atoms with E-state index in [1.54, 1.807) is 0 Å². The van der Waals surface area contributed by atoms with E-state index in [4.69, 9.17) is 0 Å². The second-order valence-corrected chi connectivity index (χ2v) is 5.89. The SMILES string of the molecule is O=c1[nH]n(-c2cccc(OC(F)(F)F)c2)c2cc(Nc3ccc(F)cn3)ncc12. The van der Waals surface area contributed by atoms with Gasteiger partial charge in [-0.1, -0.05) is 6.07 Å². The smallest absolute Gasteiger partial charge is 0.406 e. The number of rotatable bonds is 4. The number of hydrogen-bond donors (Lipinski definition) is 2. The van der Waals surface area contributed by atoms with Crippen LogP contribution >= 0.6 is 0 Å². The van der Waals surface area contributed by atoms with Gasteiger partial charge >= 0.3 is 6.36 Å². The lowest BCUT2D eigenvalue weighted by Gasteiger charge is -2.11. The van der Waals surface area contributed by atoms with Crippen molar-refractivity contribution in [1.29, 1.82) is 0 Å². The third-order valence-corrected chi connectivity index (χ3v) is 3.87. The molecule has 0 bridgehead atoms. The van der Waals surface area contributed by atoms with Gasteiger partial charge in [-0.3, -0.25) is 14.6 Å². The molecule has 7 nitrogen and oxygen atoms in total. The van der Waals surface area contributed by atoms with E-state index >= 15 is 0 Å². The number of nitrogens with zero attached hydrogens (tertiary/aromatic N) is 3. The fourth-order valence-electron chi connectivity index (χ4n) is 2.70. The number of aromatic amines is 1. The largest absolute Gasteiger partial charge is 0.573 e. The third-order valence-electron chi connectivity index (χ3n) is 3.87. The van der Waals surface area contributed by atoms with E-state index in [9.17, 15) is 22.4 Å². The third kappa shape index (κ3) is 4.03. The highest BCUT2D eigenvalue weighted by Gasteiger charge is 2.31. The zero-order chi connectivity index (χ0) is 20.6. The molecule has 0 saturated heterocycles.